The second-order valence-electron chi connectivity index (χ2n) is 3.45. The molecule has 1 aromatic carbocycles. The Morgan fingerprint density at radius 3 is 2.50 bits per heavy atom. The van der Waals surface area contributed by atoms with Crippen LogP contribution in [0, 0.1) is 0 Å². The molecule has 3 heteroatoms. The average Bonchev–Trinajstić information content (AvgIpc) is 2.39. The maximum absolute atomic E-state index is 4.52. The van der Waals surface area contributed by atoms with E-state index in [1.165, 1.54) is 0 Å². The molecule has 0 aliphatic rings. The summed E-state index contributed by atoms with van der Waals surface area (Å²) >= 11 is 1.58. The maximum Gasteiger partial charge on any atom is 0.188 e. The van der Waals surface area contributed by atoms with Gasteiger partial charge in [0.1, 0.15) is 0 Å². The Kier molecular flexibility index (Phi) is 3.57. The third-order valence-corrected chi connectivity index (χ3v) is 2.92. The zero-order valence-electron chi connectivity index (χ0n) is 9.47. The number of nitrogens with zero attached hydrogens (tertiary/aromatic N) is 2. The molecule has 1 aromatic heterocycles. The van der Waals surface area contributed by atoms with Gasteiger partial charge in [-0.2, -0.15) is 0 Å². The fourth-order valence-electron chi connectivity index (χ4n) is 1.50. The molecular weight excluding hydrogens is 216 g/mol. The highest BCUT2D eigenvalue weighted by atomic mass is 32.2. The topological polar surface area (TPSA) is 25.8 Å². The monoisotopic (exact) mass is 230 g/mol. The summed E-state index contributed by atoms with van der Waals surface area (Å²) < 4.78 is 0. The SMILES string of the molecule is CCc1cc(-c2ccccc2)nc(SC)n1. The van der Waals surface area contributed by atoms with Crippen LogP contribution in [0.4, 0.5) is 0 Å². The molecule has 0 aliphatic heterocycles. The van der Waals surface area contributed by atoms with E-state index in [9.17, 15) is 0 Å². The molecule has 0 spiro atoms. The van der Waals surface area contributed by atoms with Gasteiger partial charge in [-0.05, 0) is 18.7 Å². The van der Waals surface area contributed by atoms with E-state index in [0.717, 1.165) is 28.5 Å². The highest BCUT2D eigenvalue weighted by Crippen LogP contribution is 2.20. The first-order valence-corrected chi connectivity index (χ1v) is 6.53. The number of aromatic nitrogens is 2. The molecule has 0 saturated heterocycles. The zero-order chi connectivity index (χ0) is 11.4. The second-order valence-corrected chi connectivity index (χ2v) is 4.22. The minimum Gasteiger partial charge on any atom is -0.228 e. The molecular formula is C13H14N2S. The summed E-state index contributed by atoms with van der Waals surface area (Å²) in [5, 5.41) is 0.846. The lowest BCUT2D eigenvalue weighted by Gasteiger charge is -2.05. The van der Waals surface area contributed by atoms with Gasteiger partial charge in [-0.15, -0.1) is 0 Å². The molecule has 2 aromatic rings. The molecule has 82 valence electrons. The van der Waals surface area contributed by atoms with Crippen molar-refractivity contribution in [1.82, 2.24) is 9.97 Å². The van der Waals surface area contributed by atoms with Crippen LogP contribution in [0.2, 0.25) is 0 Å². The summed E-state index contributed by atoms with van der Waals surface area (Å²) in [5.41, 5.74) is 3.25. The largest absolute Gasteiger partial charge is 0.228 e. The Hall–Kier alpha value is -1.35. The van der Waals surface area contributed by atoms with Crippen LogP contribution in [0.5, 0.6) is 0 Å². The third kappa shape index (κ3) is 2.42. The Morgan fingerprint density at radius 1 is 1.12 bits per heavy atom. The van der Waals surface area contributed by atoms with Crippen molar-refractivity contribution in [2.24, 2.45) is 0 Å². The van der Waals surface area contributed by atoms with Crippen LogP contribution in [-0.4, -0.2) is 16.2 Å². The van der Waals surface area contributed by atoms with Crippen LogP contribution < -0.4 is 0 Å². The summed E-state index contributed by atoms with van der Waals surface area (Å²) in [6, 6.07) is 12.3. The second kappa shape index (κ2) is 5.12. The minimum atomic E-state index is 0.846. The Bertz CT molecular complexity index is 446. The number of hydrogen-bond acceptors (Lipinski definition) is 3. The van der Waals surface area contributed by atoms with Crippen molar-refractivity contribution in [1.29, 1.82) is 0 Å². The molecule has 0 atom stereocenters. The van der Waals surface area contributed by atoms with E-state index in [2.05, 4.69) is 35.1 Å². The van der Waals surface area contributed by atoms with E-state index in [-0.39, 0.29) is 0 Å². The van der Waals surface area contributed by atoms with Gasteiger partial charge in [-0.25, -0.2) is 9.97 Å². The smallest absolute Gasteiger partial charge is 0.188 e. The van der Waals surface area contributed by atoms with Gasteiger partial charge in [-0.3, -0.25) is 0 Å². The lowest BCUT2D eigenvalue weighted by atomic mass is 10.1. The van der Waals surface area contributed by atoms with Gasteiger partial charge in [0.15, 0.2) is 5.16 Å². The van der Waals surface area contributed by atoms with Gasteiger partial charge in [-0.1, -0.05) is 49.0 Å². The van der Waals surface area contributed by atoms with Crippen LogP contribution in [0.1, 0.15) is 12.6 Å². The molecule has 0 unspecified atom stereocenters. The molecule has 1 heterocycles. The Balaban J connectivity index is 2.48. The standard InChI is InChI=1S/C13H14N2S/c1-3-11-9-12(15-13(14-11)16-2)10-7-5-4-6-8-10/h4-9H,3H2,1-2H3. The summed E-state index contributed by atoms with van der Waals surface area (Å²) in [6.45, 7) is 2.11. The van der Waals surface area contributed by atoms with Gasteiger partial charge >= 0.3 is 0 Å². The lowest BCUT2D eigenvalue weighted by Crippen LogP contribution is -1.95. The van der Waals surface area contributed by atoms with E-state index in [1.807, 2.05) is 24.5 Å². The Morgan fingerprint density at radius 2 is 1.88 bits per heavy atom. The van der Waals surface area contributed by atoms with Crippen LogP contribution in [0.15, 0.2) is 41.6 Å². The lowest BCUT2D eigenvalue weighted by molar-refractivity contribution is 0.896. The predicted octanol–water partition coefficient (Wildman–Crippen LogP) is 3.43. The molecule has 2 nitrogen and oxygen atoms in total. The molecule has 0 bridgehead atoms. The highest BCUT2D eigenvalue weighted by Gasteiger charge is 2.04. The zero-order valence-corrected chi connectivity index (χ0v) is 10.3. The number of rotatable bonds is 3. The van der Waals surface area contributed by atoms with Crippen molar-refractivity contribution in [3.63, 3.8) is 0 Å². The summed E-state index contributed by atoms with van der Waals surface area (Å²) in [5.74, 6) is 0. The van der Waals surface area contributed by atoms with Crippen LogP contribution in [-0.2, 0) is 6.42 Å². The number of benzene rings is 1. The first kappa shape index (κ1) is 11.1. The van der Waals surface area contributed by atoms with E-state index in [0.29, 0.717) is 0 Å². The highest BCUT2D eigenvalue weighted by molar-refractivity contribution is 7.98. The van der Waals surface area contributed by atoms with Crippen LogP contribution in [0.25, 0.3) is 11.3 Å². The molecule has 0 amide bonds. The van der Waals surface area contributed by atoms with Crippen molar-refractivity contribution in [3.05, 3.63) is 42.1 Å². The number of thioether (sulfide) groups is 1. The van der Waals surface area contributed by atoms with E-state index < -0.39 is 0 Å². The van der Waals surface area contributed by atoms with Crippen molar-refractivity contribution in [3.8, 4) is 11.3 Å². The van der Waals surface area contributed by atoms with Gasteiger partial charge in [0.2, 0.25) is 0 Å². The van der Waals surface area contributed by atoms with Crippen LogP contribution in [0.3, 0.4) is 0 Å². The van der Waals surface area contributed by atoms with E-state index >= 15 is 0 Å². The summed E-state index contributed by atoms with van der Waals surface area (Å²) in [6.07, 6.45) is 2.94. The summed E-state index contributed by atoms with van der Waals surface area (Å²) in [4.78, 5) is 8.97. The molecule has 0 saturated carbocycles. The van der Waals surface area contributed by atoms with Crippen molar-refractivity contribution < 1.29 is 0 Å². The predicted molar refractivity (Wildman–Crippen MR) is 68.6 cm³/mol. The van der Waals surface area contributed by atoms with Crippen molar-refractivity contribution >= 4 is 11.8 Å². The maximum atomic E-state index is 4.52. The fourth-order valence-corrected chi connectivity index (χ4v) is 1.90. The van der Waals surface area contributed by atoms with E-state index in [1.54, 1.807) is 11.8 Å². The van der Waals surface area contributed by atoms with Gasteiger partial charge in [0.05, 0.1) is 5.69 Å². The Labute approximate surface area is 100 Å². The minimum absolute atomic E-state index is 0.846. The van der Waals surface area contributed by atoms with Crippen LogP contribution >= 0.6 is 11.8 Å². The number of hydrogen-bond donors (Lipinski definition) is 0. The van der Waals surface area contributed by atoms with Gasteiger partial charge in [0, 0.05) is 11.3 Å². The molecule has 0 fully saturated rings. The van der Waals surface area contributed by atoms with Crippen molar-refractivity contribution in [2.45, 2.75) is 18.5 Å². The van der Waals surface area contributed by atoms with Gasteiger partial charge < -0.3 is 0 Å². The molecule has 2 rings (SSSR count). The molecule has 0 aliphatic carbocycles. The van der Waals surface area contributed by atoms with Crippen molar-refractivity contribution in [2.75, 3.05) is 6.26 Å². The van der Waals surface area contributed by atoms with E-state index in [4.69, 9.17) is 0 Å². The molecule has 16 heavy (non-hydrogen) atoms. The molecule has 0 N–H and O–H groups in total. The normalized spacial score (nSPS) is 10.4. The van der Waals surface area contributed by atoms with Gasteiger partial charge in [0.25, 0.3) is 0 Å². The fraction of sp³-hybridized carbons (Fsp3) is 0.231. The third-order valence-electron chi connectivity index (χ3n) is 2.37. The number of aryl methyl sites for hydroxylation is 1. The quantitative estimate of drug-likeness (QED) is 0.597. The molecule has 0 radical (unpaired) electrons. The average molecular weight is 230 g/mol. The first-order valence-electron chi connectivity index (χ1n) is 5.31. The summed E-state index contributed by atoms with van der Waals surface area (Å²) in [7, 11) is 0. The first-order chi connectivity index (χ1) is 7.83.